The minimum atomic E-state index is 0.352. The summed E-state index contributed by atoms with van der Waals surface area (Å²) >= 11 is 0. The lowest BCUT2D eigenvalue weighted by Crippen LogP contribution is -2.02. The largest absolute Gasteiger partial charge is 0.417 e. The topological polar surface area (TPSA) is 59.5 Å². The fraction of sp³-hybridized carbons (Fsp3) is 0.111. The van der Waals surface area contributed by atoms with E-state index in [2.05, 4.69) is 11.2 Å². The van der Waals surface area contributed by atoms with Gasteiger partial charge in [0.2, 0.25) is 0 Å². The highest BCUT2D eigenvalue weighted by atomic mass is 16.6. The second-order valence-corrected chi connectivity index (χ2v) is 4.93. The predicted octanol–water partition coefficient (Wildman–Crippen LogP) is 3.12. The van der Waals surface area contributed by atoms with Crippen molar-refractivity contribution in [1.29, 1.82) is 5.26 Å². The van der Waals surface area contributed by atoms with Crippen LogP contribution in [-0.2, 0) is 11.4 Å². The second-order valence-electron chi connectivity index (χ2n) is 4.93. The lowest BCUT2D eigenvalue weighted by atomic mass is 10.2. The summed E-state index contributed by atoms with van der Waals surface area (Å²) in [5.41, 5.74) is 3.48. The van der Waals surface area contributed by atoms with Gasteiger partial charge in [0.1, 0.15) is 13.7 Å². The average Bonchev–Trinajstić information content (AvgIpc) is 2.97. The van der Waals surface area contributed by atoms with Crippen LogP contribution in [0.4, 0.5) is 0 Å². The van der Waals surface area contributed by atoms with Gasteiger partial charge in [0.25, 0.3) is 0 Å². The van der Waals surface area contributed by atoms with Crippen LogP contribution in [-0.4, -0.2) is 18.1 Å². The Morgan fingerprint density at radius 2 is 1.96 bits per heavy atom. The zero-order valence-corrected chi connectivity index (χ0v) is 12.6. The van der Waals surface area contributed by atoms with Gasteiger partial charge in [-0.25, -0.2) is 0 Å². The molecule has 5 nitrogen and oxygen atoms in total. The highest BCUT2D eigenvalue weighted by Crippen LogP contribution is 2.18. The first-order valence-corrected chi connectivity index (χ1v) is 7.11. The van der Waals surface area contributed by atoms with Crippen LogP contribution in [0.1, 0.15) is 16.7 Å². The van der Waals surface area contributed by atoms with Crippen molar-refractivity contribution in [2.45, 2.75) is 6.61 Å². The number of para-hydroxylation sites is 1. The van der Waals surface area contributed by atoms with Gasteiger partial charge in [-0.15, -0.1) is 0 Å². The van der Waals surface area contributed by atoms with E-state index in [-0.39, 0.29) is 0 Å². The zero-order valence-electron chi connectivity index (χ0n) is 12.6. The van der Waals surface area contributed by atoms with Gasteiger partial charge in [0.15, 0.2) is 0 Å². The molecule has 0 spiro atoms. The van der Waals surface area contributed by atoms with Crippen molar-refractivity contribution in [3.8, 4) is 6.07 Å². The molecule has 3 aromatic rings. The molecular weight excluding hydrogens is 290 g/mol. The molecule has 0 saturated carbocycles. The van der Waals surface area contributed by atoms with Crippen molar-refractivity contribution in [3.63, 3.8) is 0 Å². The maximum Gasteiger partial charge on any atom is 0.142 e. The minimum absolute atomic E-state index is 0.352. The minimum Gasteiger partial charge on any atom is -0.417 e. The first kappa shape index (κ1) is 14.7. The first-order chi connectivity index (χ1) is 11.3. The van der Waals surface area contributed by atoms with Crippen LogP contribution in [0, 0.1) is 11.3 Å². The summed E-state index contributed by atoms with van der Waals surface area (Å²) in [7, 11) is 1.62. The maximum absolute atomic E-state index is 8.76. The number of oxime groups is 1. The normalized spacial score (nSPS) is 10.8. The number of aromatic nitrogens is 1. The molecule has 0 fully saturated rings. The Labute approximate surface area is 133 Å². The molecular formula is C18H15N3O2. The number of benzene rings is 2. The third-order valence-corrected chi connectivity index (χ3v) is 3.49. The van der Waals surface area contributed by atoms with Gasteiger partial charge >= 0.3 is 0 Å². The van der Waals surface area contributed by atoms with Crippen molar-refractivity contribution < 1.29 is 9.68 Å². The maximum atomic E-state index is 8.76. The summed E-state index contributed by atoms with van der Waals surface area (Å²) in [6.45, 7) is 0.352. The van der Waals surface area contributed by atoms with Crippen molar-refractivity contribution in [2.24, 2.45) is 5.16 Å². The van der Waals surface area contributed by atoms with Gasteiger partial charge in [0, 0.05) is 10.9 Å². The van der Waals surface area contributed by atoms with E-state index in [1.807, 2.05) is 42.6 Å². The molecule has 0 bridgehead atoms. The molecule has 0 unspecified atom stereocenters. The van der Waals surface area contributed by atoms with Gasteiger partial charge in [-0.1, -0.05) is 35.5 Å². The van der Waals surface area contributed by atoms with E-state index in [9.17, 15) is 0 Å². The van der Waals surface area contributed by atoms with Crippen LogP contribution in [0.15, 0.2) is 59.9 Å². The molecule has 0 aliphatic rings. The molecule has 2 aromatic carbocycles. The lowest BCUT2D eigenvalue weighted by Gasteiger charge is -1.99. The van der Waals surface area contributed by atoms with E-state index in [1.54, 1.807) is 30.2 Å². The number of rotatable bonds is 5. The number of hydrogen-bond acceptors (Lipinski definition) is 4. The van der Waals surface area contributed by atoms with Crippen molar-refractivity contribution in [1.82, 2.24) is 4.73 Å². The fourth-order valence-corrected chi connectivity index (χ4v) is 2.31. The third kappa shape index (κ3) is 3.16. The van der Waals surface area contributed by atoms with Gasteiger partial charge < -0.3 is 9.68 Å². The smallest absolute Gasteiger partial charge is 0.142 e. The molecule has 0 radical (unpaired) electrons. The Kier molecular flexibility index (Phi) is 4.25. The van der Waals surface area contributed by atoms with E-state index in [1.165, 1.54) is 0 Å². The van der Waals surface area contributed by atoms with Crippen LogP contribution < -0.4 is 4.84 Å². The van der Waals surface area contributed by atoms with Gasteiger partial charge in [-0.05, 0) is 23.8 Å². The molecule has 114 valence electrons. The summed E-state index contributed by atoms with van der Waals surface area (Å²) in [5.74, 6) is 0. The molecule has 0 saturated heterocycles. The number of hydrogen-bond donors (Lipinski definition) is 0. The van der Waals surface area contributed by atoms with Crippen LogP contribution in [0.3, 0.4) is 0 Å². The van der Waals surface area contributed by atoms with E-state index in [4.69, 9.17) is 14.9 Å². The highest BCUT2D eigenvalue weighted by molar-refractivity contribution is 5.99. The Hall–Kier alpha value is -3.26. The summed E-state index contributed by atoms with van der Waals surface area (Å²) in [6, 6.07) is 17.2. The van der Waals surface area contributed by atoms with Crippen LogP contribution >= 0.6 is 0 Å². The van der Waals surface area contributed by atoms with E-state index >= 15 is 0 Å². The van der Waals surface area contributed by atoms with Crippen LogP contribution in [0.2, 0.25) is 0 Å². The summed E-state index contributed by atoms with van der Waals surface area (Å²) in [5, 5.41) is 13.8. The number of nitrogens with zero attached hydrogens (tertiary/aromatic N) is 3. The molecule has 0 N–H and O–H groups in total. The second kappa shape index (κ2) is 6.67. The Bertz CT molecular complexity index is 873. The standard InChI is InChI=1S/C18H15N3O2/c1-22-21-12-16(17-4-2-3-5-18(17)21)11-20-23-13-15-8-6-14(10-19)7-9-15/h2-9,11-12H,13H2,1H3/b20-11+. The van der Waals surface area contributed by atoms with Crippen molar-refractivity contribution in [3.05, 3.63) is 71.4 Å². The van der Waals surface area contributed by atoms with Crippen molar-refractivity contribution >= 4 is 17.1 Å². The Morgan fingerprint density at radius 3 is 2.70 bits per heavy atom. The quantitative estimate of drug-likeness (QED) is 0.537. The molecule has 23 heavy (non-hydrogen) atoms. The lowest BCUT2D eigenvalue weighted by molar-refractivity contribution is 0.132. The SMILES string of the molecule is COn1cc(/C=N/OCc2ccc(C#N)cc2)c2ccccc21. The molecule has 1 aromatic heterocycles. The summed E-state index contributed by atoms with van der Waals surface area (Å²) in [4.78, 5) is 10.6. The van der Waals surface area contributed by atoms with E-state index < -0.39 is 0 Å². The first-order valence-electron chi connectivity index (χ1n) is 7.11. The van der Waals surface area contributed by atoms with E-state index in [0.717, 1.165) is 22.0 Å². The van der Waals surface area contributed by atoms with Gasteiger partial charge in [0.05, 0.1) is 29.6 Å². The fourth-order valence-electron chi connectivity index (χ4n) is 2.31. The molecule has 5 heteroatoms. The molecule has 3 rings (SSSR count). The molecule has 0 aliphatic carbocycles. The van der Waals surface area contributed by atoms with Crippen LogP contribution in [0.25, 0.3) is 10.9 Å². The Balaban J connectivity index is 1.69. The monoisotopic (exact) mass is 305 g/mol. The highest BCUT2D eigenvalue weighted by Gasteiger charge is 2.06. The molecule has 0 aliphatic heterocycles. The summed E-state index contributed by atoms with van der Waals surface area (Å²) < 4.78 is 1.69. The molecule has 0 amide bonds. The van der Waals surface area contributed by atoms with E-state index in [0.29, 0.717) is 12.2 Å². The van der Waals surface area contributed by atoms with Crippen molar-refractivity contribution in [2.75, 3.05) is 7.11 Å². The number of nitriles is 1. The predicted molar refractivity (Wildman–Crippen MR) is 88.0 cm³/mol. The third-order valence-electron chi connectivity index (χ3n) is 3.49. The van der Waals surface area contributed by atoms with Gasteiger partial charge in [-0.2, -0.15) is 9.99 Å². The average molecular weight is 305 g/mol. The molecule has 1 heterocycles. The van der Waals surface area contributed by atoms with Gasteiger partial charge in [-0.3, -0.25) is 0 Å². The number of fused-ring (bicyclic) bond motifs is 1. The zero-order chi connectivity index (χ0) is 16.1. The molecule has 0 atom stereocenters. The van der Waals surface area contributed by atoms with Crippen LogP contribution in [0.5, 0.6) is 0 Å². The Morgan fingerprint density at radius 1 is 1.17 bits per heavy atom. The summed E-state index contributed by atoms with van der Waals surface area (Å²) in [6.07, 6.45) is 3.53.